The Morgan fingerprint density at radius 3 is 2.73 bits per heavy atom. The summed E-state index contributed by atoms with van der Waals surface area (Å²) in [5.74, 6) is -0.712. The summed E-state index contributed by atoms with van der Waals surface area (Å²) in [6.45, 7) is 1.90. The van der Waals surface area contributed by atoms with E-state index in [0.717, 1.165) is 15.8 Å². The van der Waals surface area contributed by atoms with Crippen molar-refractivity contribution in [1.29, 1.82) is 0 Å². The Labute approximate surface area is 150 Å². The van der Waals surface area contributed by atoms with E-state index < -0.39 is 11.9 Å². The molecule has 0 spiro atoms. The van der Waals surface area contributed by atoms with Gasteiger partial charge in [-0.2, -0.15) is 0 Å². The van der Waals surface area contributed by atoms with Crippen molar-refractivity contribution in [3.05, 3.63) is 66.1 Å². The predicted molar refractivity (Wildman–Crippen MR) is 98.9 cm³/mol. The summed E-state index contributed by atoms with van der Waals surface area (Å²) in [6, 6.07) is 12.9. The number of aromatic nitrogens is 1. The van der Waals surface area contributed by atoms with Crippen molar-refractivity contribution in [2.75, 3.05) is 18.9 Å². The number of carbonyl (C=O) groups is 2. The second-order valence-corrected chi connectivity index (χ2v) is 6.42. The Bertz CT molecular complexity index is 951. The van der Waals surface area contributed by atoms with E-state index in [1.165, 1.54) is 18.2 Å². The van der Waals surface area contributed by atoms with Crippen LogP contribution >= 0.6 is 0 Å². The number of carbonyl (C=O) groups excluding carboxylic acids is 2. The maximum atomic E-state index is 13.2. The lowest BCUT2D eigenvalue weighted by Crippen LogP contribution is -3.14. The Hall–Kier alpha value is -2.99. The number of rotatable bonds is 6. The lowest BCUT2D eigenvalue weighted by atomic mass is 10.0. The molecule has 3 rings (SSSR count). The average molecular weight is 354 g/mol. The van der Waals surface area contributed by atoms with Crippen molar-refractivity contribution < 1.29 is 18.9 Å². The number of likely N-dealkylation sites (N-methyl/N-ethyl adjacent to an activating group) is 1. The van der Waals surface area contributed by atoms with Gasteiger partial charge in [0.05, 0.1) is 7.05 Å². The number of halogens is 1. The molecular formula is C20H21FN3O2+. The van der Waals surface area contributed by atoms with Crippen LogP contribution in [-0.4, -0.2) is 36.3 Å². The van der Waals surface area contributed by atoms with E-state index in [2.05, 4.69) is 10.3 Å². The van der Waals surface area contributed by atoms with E-state index in [4.69, 9.17) is 0 Å². The highest BCUT2D eigenvalue weighted by Crippen LogP contribution is 2.18. The summed E-state index contributed by atoms with van der Waals surface area (Å²) in [5.41, 5.74) is 1.93. The van der Waals surface area contributed by atoms with Crippen LogP contribution in [0, 0.1) is 5.82 Å². The van der Waals surface area contributed by atoms with Gasteiger partial charge in [-0.25, -0.2) is 4.39 Å². The smallest absolute Gasteiger partial charge is 0.279 e. The number of amides is 1. The van der Waals surface area contributed by atoms with Gasteiger partial charge < -0.3 is 15.2 Å². The van der Waals surface area contributed by atoms with Crippen LogP contribution in [-0.2, 0) is 4.79 Å². The van der Waals surface area contributed by atoms with Crippen LogP contribution in [0.5, 0.6) is 0 Å². The zero-order valence-electron chi connectivity index (χ0n) is 14.7. The molecule has 3 N–H and O–H groups in total. The fraction of sp³-hybridized carbons (Fsp3) is 0.200. The molecule has 0 fully saturated rings. The summed E-state index contributed by atoms with van der Waals surface area (Å²) in [5, 5.41) is 3.53. The second-order valence-electron chi connectivity index (χ2n) is 6.42. The Morgan fingerprint density at radius 2 is 1.96 bits per heavy atom. The van der Waals surface area contributed by atoms with Crippen molar-refractivity contribution in [2.45, 2.75) is 13.0 Å². The van der Waals surface area contributed by atoms with E-state index in [-0.39, 0.29) is 18.2 Å². The normalized spacial score (nSPS) is 13.3. The van der Waals surface area contributed by atoms with Gasteiger partial charge in [-0.1, -0.05) is 24.3 Å². The Kier molecular flexibility index (Phi) is 5.14. The highest BCUT2D eigenvalue weighted by atomic mass is 19.1. The molecule has 134 valence electrons. The fourth-order valence-corrected chi connectivity index (χ4v) is 2.91. The number of benzene rings is 2. The van der Waals surface area contributed by atoms with Crippen LogP contribution in [0.2, 0.25) is 0 Å². The molecule has 2 aromatic carbocycles. The van der Waals surface area contributed by atoms with Gasteiger partial charge in [-0.05, 0) is 31.2 Å². The third-order valence-electron chi connectivity index (χ3n) is 4.53. The summed E-state index contributed by atoms with van der Waals surface area (Å²) >= 11 is 0. The van der Waals surface area contributed by atoms with E-state index in [1.54, 1.807) is 26.2 Å². The van der Waals surface area contributed by atoms with Crippen LogP contribution in [0.3, 0.4) is 0 Å². The first kappa shape index (κ1) is 17.8. The number of quaternary nitrogens is 1. The van der Waals surface area contributed by atoms with Crippen molar-refractivity contribution in [3.8, 4) is 0 Å². The first-order valence-electron chi connectivity index (χ1n) is 8.44. The van der Waals surface area contributed by atoms with Crippen LogP contribution in [0.1, 0.15) is 17.3 Å². The topological polar surface area (TPSA) is 66.4 Å². The highest BCUT2D eigenvalue weighted by molar-refractivity contribution is 6.09. The number of hydrogen-bond acceptors (Lipinski definition) is 2. The number of anilines is 1. The quantitative estimate of drug-likeness (QED) is 0.593. The molecular weight excluding hydrogens is 333 g/mol. The number of nitrogens with one attached hydrogen (secondary N) is 3. The molecule has 0 saturated heterocycles. The number of H-pyrrole nitrogens is 1. The molecule has 0 bridgehead atoms. The third-order valence-corrected chi connectivity index (χ3v) is 4.53. The average Bonchev–Trinajstić information content (AvgIpc) is 3.04. The molecule has 0 saturated carbocycles. The van der Waals surface area contributed by atoms with Gasteiger partial charge >= 0.3 is 0 Å². The van der Waals surface area contributed by atoms with Gasteiger partial charge in [0.25, 0.3) is 5.91 Å². The Balaban J connectivity index is 1.66. The molecule has 1 aromatic heterocycles. The predicted octanol–water partition coefficient (Wildman–Crippen LogP) is 2.03. The second kappa shape index (κ2) is 7.49. The van der Waals surface area contributed by atoms with Crippen molar-refractivity contribution >= 4 is 28.3 Å². The number of hydrogen-bond donors (Lipinski definition) is 3. The molecule has 1 unspecified atom stereocenters. The molecule has 6 heteroatoms. The van der Waals surface area contributed by atoms with Crippen LogP contribution in [0.25, 0.3) is 10.9 Å². The van der Waals surface area contributed by atoms with E-state index >= 15 is 0 Å². The number of ketones is 1. The monoisotopic (exact) mass is 354 g/mol. The minimum atomic E-state index is -0.411. The standard InChI is InChI=1S/C20H20FN3O2/c1-13(20(26)17-11-22-18-9-4-3-8-16(17)18)24(2)12-19(25)23-15-7-5-6-14(21)10-15/h3-11,13,22H,12H2,1-2H3,(H,23,25)/p+1/t13-/m1/s1. The molecule has 1 amide bonds. The molecule has 5 nitrogen and oxygen atoms in total. The fourth-order valence-electron chi connectivity index (χ4n) is 2.91. The van der Waals surface area contributed by atoms with Gasteiger partial charge in [0.15, 0.2) is 6.54 Å². The van der Waals surface area contributed by atoms with Crippen LogP contribution in [0.4, 0.5) is 10.1 Å². The largest absolute Gasteiger partial charge is 0.360 e. The molecule has 26 heavy (non-hydrogen) atoms. The molecule has 0 aliphatic rings. The number of para-hydroxylation sites is 1. The van der Waals surface area contributed by atoms with Crippen molar-refractivity contribution in [2.24, 2.45) is 0 Å². The van der Waals surface area contributed by atoms with Crippen LogP contribution < -0.4 is 10.2 Å². The highest BCUT2D eigenvalue weighted by Gasteiger charge is 2.26. The van der Waals surface area contributed by atoms with Gasteiger partial charge in [-0.3, -0.25) is 9.59 Å². The zero-order chi connectivity index (χ0) is 18.7. The number of fused-ring (bicyclic) bond motifs is 1. The minimum absolute atomic E-state index is 0.0292. The molecule has 0 radical (unpaired) electrons. The van der Waals surface area contributed by atoms with E-state index in [9.17, 15) is 14.0 Å². The SMILES string of the molecule is C[C@H](C(=O)c1c[nH]c2ccccc12)[NH+](C)CC(=O)Nc1cccc(F)c1. The lowest BCUT2D eigenvalue weighted by molar-refractivity contribution is -0.885. The van der Waals surface area contributed by atoms with Gasteiger partial charge in [0.1, 0.15) is 11.9 Å². The maximum absolute atomic E-state index is 13.2. The number of aromatic amines is 1. The molecule has 0 aliphatic carbocycles. The molecule has 3 aromatic rings. The van der Waals surface area contributed by atoms with E-state index in [0.29, 0.717) is 11.3 Å². The summed E-state index contributed by atoms with van der Waals surface area (Å²) in [6.07, 6.45) is 1.71. The number of Topliss-reactive ketones (excluding diaryl/α,β-unsaturated/α-hetero) is 1. The summed E-state index contributed by atoms with van der Waals surface area (Å²) in [4.78, 5) is 28.9. The zero-order valence-corrected chi connectivity index (χ0v) is 14.7. The molecule has 0 aliphatic heterocycles. The van der Waals surface area contributed by atoms with Gasteiger partial charge in [0.2, 0.25) is 5.78 Å². The minimum Gasteiger partial charge on any atom is -0.360 e. The first-order chi connectivity index (χ1) is 12.5. The lowest BCUT2D eigenvalue weighted by Gasteiger charge is -2.20. The van der Waals surface area contributed by atoms with E-state index in [1.807, 2.05) is 24.3 Å². The molecule has 1 heterocycles. The van der Waals surface area contributed by atoms with Crippen molar-refractivity contribution in [3.63, 3.8) is 0 Å². The molecule has 2 atom stereocenters. The van der Waals surface area contributed by atoms with Gasteiger partial charge in [-0.15, -0.1) is 0 Å². The Morgan fingerprint density at radius 1 is 1.19 bits per heavy atom. The maximum Gasteiger partial charge on any atom is 0.279 e. The summed E-state index contributed by atoms with van der Waals surface area (Å²) in [7, 11) is 1.79. The van der Waals surface area contributed by atoms with Gasteiger partial charge in [0, 0.05) is 28.4 Å². The summed E-state index contributed by atoms with van der Waals surface area (Å²) < 4.78 is 13.2. The first-order valence-corrected chi connectivity index (χ1v) is 8.44. The third kappa shape index (κ3) is 3.81. The van der Waals surface area contributed by atoms with Crippen molar-refractivity contribution in [1.82, 2.24) is 4.98 Å². The van der Waals surface area contributed by atoms with Crippen LogP contribution in [0.15, 0.2) is 54.7 Å².